The van der Waals surface area contributed by atoms with Crippen LogP contribution in [-0.4, -0.2) is 8.42 Å². The van der Waals surface area contributed by atoms with Crippen LogP contribution in [0.3, 0.4) is 0 Å². The Labute approximate surface area is 132 Å². The molecule has 0 amide bonds. The van der Waals surface area contributed by atoms with Crippen molar-refractivity contribution in [2.24, 2.45) is 0 Å². The van der Waals surface area contributed by atoms with Crippen molar-refractivity contribution in [1.29, 1.82) is 0 Å². The summed E-state index contributed by atoms with van der Waals surface area (Å²) in [5.74, 6) is -0.863. The highest BCUT2D eigenvalue weighted by Crippen LogP contribution is 2.29. The molecule has 2 aromatic carbocycles. The molecule has 0 aliphatic carbocycles. The average Bonchev–Trinajstić information content (AvgIpc) is 2.36. The van der Waals surface area contributed by atoms with Crippen LogP contribution in [0.1, 0.15) is 0 Å². The average molecular weight is 424 g/mol. The van der Waals surface area contributed by atoms with E-state index in [-0.39, 0.29) is 5.69 Å². The Morgan fingerprint density at radius 2 is 1.80 bits per heavy atom. The second-order valence-corrected chi connectivity index (χ2v) is 7.34. The standard InChI is InChI=1S/C12H9Br2FN2O2S/c13-7-1-3-9(14)11(5-7)17-20(18,19)12-6-8(16)2-4-10(12)15/h1-6,17H,16H2. The molecule has 106 valence electrons. The van der Waals surface area contributed by atoms with Gasteiger partial charge in [-0.2, -0.15) is 0 Å². The SMILES string of the molecule is Nc1ccc(F)c(S(=O)(=O)Nc2cc(Br)ccc2Br)c1. The van der Waals surface area contributed by atoms with Gasteiger partial charge in [0, 0.05) is 14.6 Å². The predicted octanol–water partition coefficient (Wildman–Crippen LogP) is 3.73. The molecule has 2 aromatic rings. The molecule has 0 aromatic heterocycles. The minimum absolute atomic E-state index is 0.167. The lowest BCUT2D eigenvalue weighted by atomic mass is 10.3. The highest BCUT2D eigenvalue weighted by Gasteiger charge is 2.20. The zero-order valence-electron chi connectivity index (χ0n) is 9.90. The maximum absolute atomic E-state index is 13.7. The summed E-state index contributed by atoms with van der Waals surface area (Å²) in [6.07, 6.45) is 0. The molecule has 0 heterocycles. The lowest BCUT2D eigenvalue weighted by Crippen LogP contribution is -2.15. The first-order chi connectivity index (χ1) is 9.29. The summed E-state index contributed by atoms with van der Waals surface area (Å²) in [6.45, 7) is 0. The fraction of sp³-hybridized carbons (Fsp3) is 0. The van der Waals surface area contributed by atoms with Crippen molar-refractivity contribution in [2.45, 2.75) is 4.90 Å². The van der Waals surface area contributed by atoms with Gasteiger partial charge in [0.1, 0.15) is 10.7 Å². The second kappa shape index (κ2) is 5.71. The molecule has 0 unspecified atom stereocenters. The van der Waals surface area contributed by atoms with Crippen LogP contribution in [0.2, 0.25) is 0 Å². The first kappa shape index (κ1) is 15.3. The summed E-state index contributed by atoms with van der Waals surface area (Å²) >= 11 is 6.46. The van der Waals surface area contributed by atoms with E-state index in [0.29, 0.717) is 14.6 Å². The number of hydrogen-bond donors (Lipinski definition) is 2. The summed E-state index contributed by atoms with van der Waals surface area (Å²) < 4.78 is 41.6. The summed E-state index contributed by atoms with van der Waals surface area (Å²) in [5.41, 5.74) is 5.96. The topological polar surface area (TPSA) is 72.2 Å². The second-order valence-electron chi connectivity index (χ2n) is 3.92. The monoisotopic (exact) mass is 422 g/mol. The van der Waals surface area contributed by atoms with Gasteiger partial charge in [-0.15, -0.1) is 0 Å². The molecule has 0 radical (unpaired) electrons. The van der Waals surface area contributed by atoms with Gasteiger partial charge in [-0.25, -0.2) is 12.8 Å². The largest absolute Gasteiger partial charge is 0.399 e. The maximum atomic E-state index is 13.7. The maximum Gasteiger partial charge on any atom is 0.264 e. The van der Waals surface area contributed by atoms with Crippen LogP contribution in [0.15, 0.2) is 50.2 Å². The van der Waals surface area contributed by atoms with Crippen LogP contribution >= 0.6 is 31.9 Å². The van der Waals surface area contributed by atoms with Crippen molar-refractivity contribution in [3.63, 3.8) is 0 Å². The van der Waals surface area contributed by atoms with Gasteiger partial charge in [-0.1, -0.05) is 15.9 Å². The van der Waals surface area contributed by atoms with Gasteiger partial charge < -0.3 is 5.73 Å². The van der Waals surface area contributed by atoms with Crippen molar-refractivity contribution in [3.8, 4) is 0 Å². The fourth-order valence-electron chi connectivity index (χ4n) is 1.50. The van der Waals surface area contributed by atoms with Gasteiger partial charge >= 0.3 is 0 Å². The number of nitrogens with one attached hydrogen (secondary N) is 1. The molecule has 3 N–H and O–H groups in total. The van der Waals surface area contributed by atoms with Crippen molar-refractivity contribution in [2.75, 3.05) is 10.5 Å². The first-order valence-corrected chi connectivity index (χ1v) is 8.39. The normalized spacial score (nSPS) is 11.3. The van der Waals surface area contributed by atoms with E-state index in [0.717, 1.165) is 12.1 Å². The van der Waals surface area contributed by atoms with E-state index in [9.17, 15) is 12.8 Å². The van der Waals surface area contributed by atoms with E-state index in [1.807, 2.05) is 0 Å². The Morgan fingerprint density at radius 3 is 2.50 bits per heavy atom. The molecule has 0 aliphatic heterocycles. The number of nitrogen functional groups attached to an aromatic ring is 1. The minimum Gasteiger partial charge on any atom is -0.399 e. The van der Waals surface area contributed by atoms with Crippen molar-refractivity contribution < 1.29 is 12.8 Å². The lowest BCUT2D eigenvalue weighted by Gasteiger charge is -2.11. The predicted molar refractivity (Wildman–Crippen MR) is 83.5 cm³/mol. The van der Waals surface area contributed by atoms with E-state index >= 15 is 0 Å². The van der Waals surface area contributed by atoms with Gasteiger partial charge in [-0.05, 0) is 52.3 Å². The number of nitrogens with two attached hydrogens (primary N) is 1. The molecule has 0 atom stereocenters. The number of sulfonamides is 1. The van der Waals surface area contributed by atoms with E-state index in [1.165, 1.54) is 6.07 Å². The molecule has 0 saturated carbocycles. The van der Waals surface area contributed by atoms with Crippen LogP contribution in [-0.2, 0) is 10.0 Å². The van der Waals surface area contributed by atoms with E-state index in [2.05, 4.69) is 36.6 Å². The third-order valence-corrected chi connectivity index (χ3v) is 4.98. The Balaban J connectivity index is 2.46. The molecule has 0 bridgehead atoms. The molecule has 20 heavy (non-hydrogen) atoms. The fourth-order valence-corrected chi connectivity index (χ4v) is 3.52. The van der Waals surface area contributed by atoms with E-state index in [4.69, 9.17) is 5.73 Å². The quantitative estimate of drug-likeness (QED) is 0.738. The van der Waals surface area contributed by atoms with E-state index < -0.39 is 20.7 Å². The Hall–Kier alpha value is -1.12. The number of halogens is 3. The zero-order valence-corrected chi connectivity index (χ0v) is 13.9. The van der Waals surface area contributed by atoms with Crippen LogP contribution in [0.25, 0.3) is 0 Å². The van der Waals surface area contributed by atoms with Gasteiger partial charge in [-0.3, -0.25) is 4.72 Å². The van der Waals surface area contributed by atoms with E-state index in [1.54, 1.807) is 18.2 Å². The van der Waals surface area contributed by atoms with Gasteiger partial charge in [0.2, 0.25) is 0 Å². The van der Waals surface area contributed by atoms with Crippen molar-refractivity contribution in [1.82, 2.24) is 0 Å². The molecule has 0 fully saturated rings. The van der Waals surface area contributed by atoms with Gasteiger partial charge in [0.25, 0.3) is 10.0 Å². The smallest absolute Gasteiger partial charge is 0.264 e. The molecule has 2 rings (SSSR count). The summed E-state index contributed by atoms with van der Waals surface area (Å²) in [7, 11) is -4.06. The van der Waals surface area contributed by atoms with Crippen molar-refractivity contribution >= 4 is 53.3 Å². The highest BCUT2D eigenvalue weighted by atomic mass is 79.9. The highest BCUT2D eigenvalue weighted by molar-refractivity contribution is 9.11. The summed E-state index contributed by atoms with van der Waals surface area (Å²) in [5, 5.41) is 0. The third kappa shape index (κ3) is 3.31. The van der Waals surface area contributed by atoms with Crippen molar-refractivity contribution in [3.05, 3.63) is 51.2 Å². The summed E-state index contributed by atoms with van der Waals surface area (Å²) in [4.78, 5) is -0.496. The van der Waals surface area contributed by atoms with Gasteiger partial charge in [0.05, 0.1) is 5.69 Å². The number of benzene rings is 2. The molecule has 0 aliphatic rings. The molecular weight excluding hydrogens is 415 g/mol. The Morgan fingerprint density at radius 1 is 1.10 bits per heavy atom. The number of rotatable bonds is 3. The molecule has 0 spiro atoms. The Kier molecular flexibility index (Phi) is 4.36. The zero-order chi connectivity index (χ0) is 14.9. The summed E-state index contributed by atoms with van der Waals surface area (Å²) in [6, 6.07) is 8.35. The van der Waals surface area contributed by atoms with Gasteiger partial charge in [0.15, 0.2) is 0 Å². The lowest BCUT2D eigenvalue weighted by molar-refractivity contribution is 0.570. The molecular formula is C12H9Br2FN2O2S. The van der Waals surface area contributed by atoms with Crippen LogP contribution in [0.5, 0.6) is 0 Å². The first-order valence-electron chi connectivity index (χ1n) is 5.32. The van der Waals surface area contributed by atoms with Crippen LogP contribution in [0.4, 0.5) is 15.8 Å². The number of anilines is 2. The molecule has 0 saturated heterocycles. The molecule has 4 nitrogen and oxygen atoms in total. The molecule has 8 heteroatoms. The minimum atomic E-state index is -4.06. The van der Waals surface area contributed by atoms with Crippen LogP contribution in [0, 0.1) is 5.82 Å². The Bertz CT molecular complexity index is 766. The third-order valence-electron chi connectivity index (χ3n) is 2.42. The number of hydrogen-bond acceptors (Lipinski definition) is 3. The van der Waals surface area contributed by atoms with Crippen LogP contribution < -0.4 is 10.5 Å².